The van der Waals surface area contributed by atoms with E-state index < -0.39 is 0 Å². The van der Waals surface area contributed by atoms with Crippen molar-refractivity contribution in [1.82, 2.24) is 9.88 Å². The molecule has 1 N–H and O–H groups in total. The van der Waals surface area contributed by atoms with Crippen LogP contribution < -0.4 is 5.32 Å². The largest absolute Gasteiger partial charge is 0.342 e. The molecule has 5 nitrogen and oxygen atoms in total. The van der Waals surface area contributed by atoms with Crippen LogP contribution in [0.1, 0.15) is 49.3 Å². The van der Waals surface area contributed by atoms with E-state index in [0.717, 1.165) is 37.1 Å². The van der Waals surface area contributed by atoms with Gasteiger partial charge in [-0.15, -0.1) is 11.3 Å². The van der Waals surface area contributed by atoms with Gasteiger partial charge in [0.05, 0.1) is 11.6 Å². The molecule has 1 saturated heterocycles. The first kappa shape index (κ1) is 20.5. The second-order valence-electron chi connectivity index (χ2n) is 7.71. The summed E-state index contributed by atoms with van der Waals surface area (Å²) in [6, 6.07) is 4.33. The van der Waals surface area contributed by atoms with Crippen LogP contribution >= 0.6 is 11.3 Å². The van der Waals surface area contributed by atoms with Gasteiger partial charge in [0.15, 0.2) is 5.13 Å². The van der Waals surface area contributed by atoms with E-state index in [2.05, 4.69) is 43.2 Å². The summed E-state index contributed by atoms with van der Waals surface area (Å²) in [4.78, 5) is 31.3. The van der Waals surface area contributed by atoms with Crippen molar-refractivity contribution in [2.45, 2.75) is 53.4 Å². The Labute approximate surface area is 171 Å². The topological polar surface area (TPSA) is 62.3 Å². The highest BCUT2D eigenvalue weighted by Crippen LogP contribution is 2.30. The van der Waals surface area contributed by atoms with E-state index >= 15 is 0 Å². The molecule has 1 aliphatic rings. The molecule has 150 valence electrons. The van der Waals surface area contributed by atoms with Crippen LogP contribution in [0, 0.1) is 26.7 Å². The standard InChI is InChI=1S/C22H29N3O2S/c1-5-7-20(26)25-9-6-8-17(12-25)21(27)24-22-23-19(13-28-22)18-11-15(3)14(2)10-16(18)4/h10-11,13,17H,5-9,12H2,1-4H3,(H,23,24,27). The Balaban J connectivity index is 1.67. The van der Waals surface area contributed by atoms with Crippen LogP contribution in [-0.4, -0.2) is 34.8 Å². The molecule has 0 bridgehead atoms. The highest BCUT2D eigenvalue weighted by atomic mass is 32.1. The number of benzene rings is 1. The maximum Gasteiger partial charge on any atom is 0.231 e. The molecule has 1 fully saturated rings. The highest BCUT2D eigenvalue weighted by molar-refractivity contribution is 7.14. The number of thiazole rings is 1. The number of nitrogens with one attached hydrogen (secondary N) is 1. The van der Waals surface area contributed by atoms with Crippen LogP contribution in [0.15, 0.2) is 17.5 Å². The molecular weight excluding hydrogens is 370 g/mol. The number of anilines is 1. The summed E-state index contributed by atoms with van der Waals surface area (Å²) in [5.74, 6) is -0.0429. The maximum absolute atomic E-state index is 12.7. The predicted molar refractivity (Wildman–Crippen MR) is 115 cm³/mol. The molecule has 1 aliphatic heterocycles. The van der Waals surface area contributed by atoms with Crippen molar-refractivity contribution in [3.8, 4) is 11.3 Å². The molecule has 2 heterocycles. The molecule has 0 spiro atoms. The average Bonchev–Trinajstić information content (AvgIpc) is 3.13. The highest BCUT2D eigenvalue weighted by Gasteiger charge is 2.28. The fourth-order valence-corrected chi connectivity index (χ4v) is 4.40. The first-order valence-corrected chi connectivity index (χ1v) is 10.9. The zero-order chi connectivity index (χ0) is 20.3. The second-order valence-corrected chi connectivity index (χ2v) is 8.57. The van der Waals surface area contributed by atoms with E-state index in [1.54, 1.807) is 0 Å². The number of aromatic nitrogens is 1. The van der Waals surface area contributed by atoms with Gasteiger partial charge in [0.25, 0.3) is 0 Å². The van der Waals surface area contributed by atoms with Gasteiger partial charge in [-0.05, 0) is 62.8 Å². The maximum atomic E-state index is 12.7. The van der Waals surface area contributed by atoms with Gasteiger partial charge in [0.1, 0.15) is 0 Å². The predicted octanol–water partition coefficient (Wildman–Crippen LogP) is 4.71. The number of rotatable bonds is 5. The average molecular weight is 400 g/mol. The van der Waals surface area contributed by atoms with E-state index in [4.69, 9.17) is 0 Å². The molecule has 0 aliphatic carbocycles. The lowest BCUT2D eigenvalue weighted by Crippen LogP contribution is -2.43. The molecule has 1 unspecified atom stereocenters. The first-order chi connectivity index (χ1) is 13.4. The number of aryl methyl sites for hydroxylation is 3. The lowest BCUT2D eigenvalue weighted by molar-refractivity contribution is -0.134. The van der Waals surface area contributed by atoms with Crippen molar-refractivity contribution in [2.24, 2.45) is 5.92 Å². The molecule has 28 heavy (non-hydrogen) atoms. The molecule has 1 aromatic carbocycles. The molecule has 2 aromatic rings. The van der Waals surface area contributed by atoms with Gasteiger partial charge in [-0.1, -0.05) is 13.0 Å². The number of likely N-dealkylation sites (tertiary alicyclic amines) is 1. The summed E-state index contributed by atoms with van der Waals surface area (Å²) in [7, 11) is 0. The fraction of sp³-hybridized carbons (Fsp3) is 0.500. The number of piperidine rings is 1. The smallest absolute Gasteiger partial charge is 0.231 e. The minimum atomic E-state index is -0.162. The lowest BCUT2D eigenvalue weighted by atomic mass is 9.97. The quantitative estimate of drug-likeness (QED) is 0.792. The van der Waals surface area contributed by atoms with Crippen molar-refractivity contribution in [3.63, 3.8) is 0 Å². The van der Waals surface area contributed by atoms with Gasteiger partial charge in [-0.25, -0.2) is 4.98 Å². The third-order valence-corrected chi connectivity index (χ3v) is 6.22. The molecule has 6 heteroatoms. The number of carbonyl (C=O) groups excluding carboxylic acids is 2. The van der Waals surface area contributed by atoms with Crippen LogP contribution in [0.3, 0.4) is 0 Å². The Bertz CT molecular complexity index is 875. The van der Waals surface area contributed by atoms with Crippen molar-refractivity contribution in [3.05, 3.63) is 34.2 Å². The van der Waals surface area contributed by atoms with Gasteiger partial charge in [0.2, 0.25) is 11.8 Å². The van der Waals surface area contributed by atoms with E-state index in [1.165, 1.54) is 28.0 Å². The summed E-state index contributed by atoms with van der Waals surface area (Å²) in [6.07, 6.45) is 3.08. The summed E-state index contributed by atoms with van der Waals surface area (Å²) >= 11 is 1.45. The Morgan fingerprint density at radius 3 is 2.71 bits per heavy atom. The Kier molecular flexibility index (Phi) is 6.50. The molecule has 0 radical (unpaired) electrons. The van der Waals surface area contributed by atoms with Gasteiger partial charge in [0, 0.05) is 30.5 Å². The first-order valence-electron chi connectivity index (χ1n) is 10.0. The van der Waals surface area contributed by atoms with Gasteiger partial charge >= 0.3 is 0 Å². The van der Waals surface area contributed by atoms with Crippen molar-refractivity contribution < 1.29 is 9.59 Å². The van der Waals surface area contributed by atoms with Gasteiger partial charge in [-0.3, -0.25) is 9.59 Å². The molecule has 0 saturated carbocycles. The van der Waals surface area contributed by atoms with Crippen LogP contribution in [0.4, 0.5) is 5.13 Å². The van der Waals surface area contributed by atoms with E-state index in [-0.39, 0.29) is 17.7 Å². The number of carbonyl (C=O) groups is 2. The molecule has 1 atom stereocenters. The van der Waals surface area contributed by atoms with Gasteiger partial charge < -0.3 is 10.2 Å². The van der Waals surface area contributed by atoms with Crippen LogP contribution in [0.5, 0.6) is 0 Å². The number of hydrogen-bond acceptors (Lipinski definition) is 4. The Hall–Kier alpha value is -2.21. The lowest BCUT2D eigenvalue weighted by Gasteiger charge is -2.31. The zero-order valence-corrected chi connectivity index (χ0v) is 18.0. The monoisotopic (exact) mass is 399 g/mol. The Morgan fingerprint density at radius 2 is 1.96 bits per heavy atom. The zero-order valence-electron chi connectivity index (χ0n) is 17.2. The molecule has 1 aromatic heterocycles. The molecule has 3 rings (SSSR count). The SMILES string of the molecule is CCCC(=O)N1CCCC(C(=O)Nc2nc(-c3cc(C)c(C)cc3C)cs2)C1. The second kappa shape index (κ2) is 8.86. The van der Waals surface area contributed by atoms with Crippen molar-refractivity contribution >= 4 is 28.3 Å². The van der Waals surface area contributed by atoms with Crippen LogP contribution in [0.25, 0.3) is 11.3 Å². The summed E-state index contributed by atoms with van der Waals surface area (Å²) in [5.41, 5.74) is 5.68. The summed E-state index contributed by atoms with van der Waals surface area (Å²) in [6.45, 7) is 9.57. The third-order valence-electron chi connectivity index (χ3n) is 5.46. The van der Waals surface area contributed by atoms with E-state index in [1.807, 2.05) is 17.2 Å². The number of hydrogen-bond donors (Lipinski definition) is 1. The van der Waals surface area contributed by atoms with Crippen molar-refractivity contribution in [2.75, 3.05) is 18.4 Å². The third kappa shape index (κ3) is 4.61. The number of amides is 2. The van der Waals surface area contributed by atoms with Crippen LogP contribution in [0.2, 0.25) is 0 Å². The van der Waals surface area contributed by atoms with Crippen molar-refractivity contribution in [1.29, 1.82) is 0 Å². The van der Waals surface area contributed by atoms with E-state index in [0.29, 0.717) is 18.1 Å². The summed E-state index contributed by atoms with van der Waals surface area (Å²) < 4.78 is 0. The molecular formula is C22H29N3O2S. The number of nitrogens with zero attached hydrogens (tertiary/aromatic N) is 2. The van der Waals surface area contributed by atoms with Gasteiger partial charge in [-0.2, -0.15) is 0 Å². The normalized spacial score (nSPS) is 16.9. The minimum absolute atomic E-state index is 0.0355. The summed E-state index contributed by atoms with van der Waals surface area (Å²) in [5, 5.41) is 5.58. The van der Waals surface area contributed by atoms with Crippen LogP contribution in [-0.2, 0) is 9.59 Å². The Morgan fingerprint density at radius 1 is 1.21 bits per heavy atom. The minimum Gasteiger partial charge on any atom is -0.342 e. The fourth-order valence-electron chi connectivity index (χ4n) is 3.69. The van der Waals surface area contributed by atoms with E-state index in [9.17, 15) is 9.59 Å². The molecule has 2 amide bonds.